The first-order valence-corrected chi connectivity index (χ1v) is 1.95. The van der Waals surface area contributed by atoms with E-state index in [9.17, 15) is 0 Å². The molecule has 0 radical (unpaired) electrons. The van der Waals surface area contributed by atoms with Crippen molar-refractivity contribution < 1.29 is 33.2 Å². The molecule has 0 bridgehead atoms. The fourth-order valence-corrected chi connectivity index (χ4v) is 0. The fraction of sp³-hybridized carbons (Fsp3) is 0. The Labute approximate surface area is 43.0 Å². The van der Waals surface area contributed by atoms with Gasteiger partial charge in [-0.25, -0.2) is 0 Å². The Morgan fingerprint density at radius 2 is 1.20 bits per heavy atom. The van der Waals surface area contributed by atoms with Crippen LogP contribution in [-0.4, -0.2) is 9.29 Å². The molecule has 0 aliphatic heterocycles. The molecule has 0 atom stereocenters. The van der Waals surface area contributed by atoms with Gasteiger partial charge in [0.25, 0.3) is 0 Å². The molecule has 5 heteroatoms. The molecule has 0 rings (SSSR count). The Hall–Kier alpha value is 0.357. The van der Waals surface area contributed by atoms with Crippen molar-refractivity contribution in [3.05, 3.63) is 0 Å². The van der Waals surface area contributed by atoms with Gasteiger partial charge in [0.2, 0.25) is 0 Å². The minimum absolute atomic E-state index is 1.42. The fourth-order valence-electron chi connectivity index (χ4n) is 0. The maximum atomic E-state index is 8.40. The standard InChI is InChI=1S/Ag.O2Si.O/c;1-3-2;. The molecule has 0 saturated heterocycles. The van der Waals surface area contributed by atoms with Gasteiger partial charge in [-0.2, -0.15) is 0 Å². The normalized spacial score (nSPS) is 2.80. The van der Waals surface area contributed by atoms with Crippen molar-refractivity contribution in [2.45, 2.75) is 0 Å². The molecule has 0 amide bonds. The van der Waals surface area contributed by atoms with Gasteiger partial charge >= 0.3 is 33.6 Å². The van der Waals surface area contributed by atoms with Crippen molar-refractivity contribution in [3.63, 3.8) is 0 Å². The van der Waals surface area contributed by atoms with Gasteiger partial charge in [-0.05, 0) is 0 Å². The summed E-state index contributed by atoms with van der Waals surface area (Å²) in [5, 5.41) is 0. The van der Waals surface area contributed by atoms with Crippen LogP contribution >= 0.6 is 0 Å². The Kier molecular flexibility index (Phi) is 48.1. The van der Waals surface area contributed by atoms with Crippen molar-refractivity contribution in [3.8, 4) is 0 Å². The summed E-state index contributed by atoms with van der Waals surface area (Å²) in [6, 6.07) is 0. The van der Waals surface area contributed by atoms with Crippen LogP contribution in [-0.2, 0) is 33.2 Å². The molecule has 0 spiro atoms. The summed E-state index contributed by atoms with van der Waals surface area (Å²) in [7, 11) is -1.42. The Morgan fingerprint density at radius 1 is 1.20 bits per heavy atom. The van der Waals surface area contributed by atoms with Crippen molar-refractivity contribution in [1.82, 2.24) is 0 Å². The second-order valence-corrected chi connectivity index (χ2v) is 0.250. The van der Waals surface area contributed by atoms with E-state index in [1.165, 1.54) is 0 Å². The predicted octanol–water partition coefficient (Wildman–Crippen LogP) is -0.740. The van der Waals surface area contributed by atoms with Crippen LogP contribution < -0.4 is 0 Å². The first-order valence-electron chi connectivity index (χ1n) is 0.531. The van der Waals surface area contributed by atoms with E-state index in [1.54, 1.807) is 21.0 Å². The second-order valence-electron chi connectivity index (χ2n) is 0.0833. The average Bonchev–Trinajstić information content (AvgIpc) is 1.46. The van der Waals surface area contributed by atoms with E-state index in [-0.39, 0.29) is 0 Å². The third kappa shape index (κ3) is 190. The Balaban J connectivity index is 0. The molecule has 5 heavy (non-hydrogen) atoms. The van der Waals surface area contributed by atoms with Gasteiger partial charge in [0.15, 0.2) is 0 Å². The first-order chi connectivity index (χ1) is 2.41. The summed E-state index contributed by atoms with van der Waals surface area (Å²) in [6.45, 7) is 0. The van der Waals surface area contributed by atoms with Gasteiger partial charge < -0.3 is 0 Å². The summed E-state index contributed by atoms with van der Waals surface area (Å²) in [5.74, 6) is 0. The minimum atomic E-state index is -1.42. The molecule has 0 saturated carbocycles. The van der Waals surface area contributed by atoms with E-state index in [0.29, 0.717) is 0 Å². The summed E-state index contributed by atoms with van der Waals surface area (Å²) < 4.78 is 24.9. The molecular formula is AgO3Si. The van der Waals surface area contributed by atoms with Gasteiger partial charge in [-0.1, -0.05) is 0 Å². The predicted molar refractivity (Wildman–Crippen MR) is 7.81 cm³/mol. The van der Waals surface area contributed by atoms with Gasteiger partial charge in [0.05, 0.1) is 0 Å². The number of hydrogen-bond acceptors (Lipinski definition) is 3. The van der Waals surface area contributed by atoms with Crippen molar-refractivity contribution in [1.29, 1.82) is 0 Å². The van der Waals surface area contributed by atoms with Crippen LogP contribution in [0.4, 0.5) is 0 Å². The van der Waals surface area contributed by atoms with E-state index in [1.807, 2.05) is 0 Å². The van der Waals surface area contributed by atoms with E-state index in [2.05, 4.69) is 0 Å². The van der Waals surface area contributed by atoms with E-state index in [4.69, 9.17) is 12.2 Å². The molecule has 3 nitrogen and oxygen atoms in total. The molecule has 0 aromatic carbocycles. The maximum absolute atomic E-state index is 8.40. The molecule has 0 aliphatic rings. The van der Waals surface area contributed by atoms with Gasteiger partial charge in [0, 0.05) is 0 Å². The molecule has 0 fully saturated rings. The number of hydrogen-bond donors (Lipinski definition) is 0. The summed E-state index contributed by atoms with van der Waals surface area (Å²) in [4.78, 5) is 0. The molecule has 0 aromatic heterocycles. The Morgan fingerprint density at radius 3 is 1.20 bits per heavy atom. The van der Waals surface area contributed by atoms with Crippen LogP contribution in [0.25, 0.3) is 0 Å². The molecule has 0 aromatic rings. The molecule has 0 heterocycles. The Bertz CT molecular complexity index is 36.2. The third-order valence-corrected chi connectivity index (χ3v) is 0. The summed E-state index contributed by atoms with van der Waals surface area (Å²) in [5.41, 5.74) is 0. The van der Waals surface area contributed by atoms with Crippen LogP contribution in [0, 0.1) is 0 Å². The molecule has 0 unspecified atom stereocenters. The van der Waals surface area contributed by atoms with Crippen LogP contribution in [0.2, 0.25) is 0 Å². The van der Waals surface area contributed by atoms with Crippen LogP contribution in [0.15, 0.2) is 0 Å². The summed E-state index contributed by atoms with van der Waals surface area (Å²) >= 11 is 1.70. The molecule has 33 valence electrons. The van der Waals surface area contributed by atoms with E-state index in [0.717, 1.165) is 0 Å². The summed E-state index contributed by atoms with van der Waals surface area (Å²) in [6.07, 6.45) is 0. The quantitative estimate of drug-likeness (QED) is 0.466. The molecular weight excluding hydrogens is 184 g/mol. The van der Waals surface area contributed by atoms with Crippen LogP contribution in [0.1, 0.15) is 0 Å². The van der Waals surface area contributed by atoms with Gasteiger partial charge in [0.1, 0.15) is 0 Å². The first kappa shape index (κ1) is 9.02. The second kappa shape index (κ2) is 26.7. The zero-order valence-corrected chi connectivity index (χ0v) is 4.51. The topological polar surface area (TPSA) is 51.2 Å². The zero-order chi connectivity index (χ0) is 4.71. The van der Waals surface area contributed by atoms with Crippen LogP contribution in [0.3, 0.4) is 0 Å². The van der Waals surface area contributed by atoms with Crippen molar-refractivity contribution >= 4 is 9.29 Å². The van der Waals surface area contributed by atoms with Gasteiger partial charge in [-0.15, -0.1) is 0 Å². The van der Waals surface area contributed by atoms with E-state index < -0.39 is 9.29 Å². The number of rotatable bonds is 0. The third-order valence-electron chi connectivity index (χ3n) is 0. The van der Waals surface area contributed by atoms with Crippen LogP contribution in [0.5, 0.6) is 0 Å². The average molecular weight is 184 g/mol. The molecule has 0 N–H and O–H groups in total. The molecule has 0 aliphatic carbocycles. The monoisotopic (exact) mass is 183 g/mol. The van der Waals surface area contributed by atoms with Crippen molar-refractivity contribution in [2.75, 3.05) is 0 Å². The van der Waals surface area contributed by atoms with Gasteiger partial charge in [-0.3, -0.25) is 8.92 Å². The zero-order valence-electron chi connectivity index (χ0n) is 2.03. The van der Waals surface area contributed by atoms with Crippen molar-refractivity contribution in [2.24, 2.45) is 0 Å². The van der Waals surface area contributed by atoms with E-state index >= 15 is 0 Å². The SMILES string of the molecule is O=[Si]=O.[O]=[Ag].